The zero-order chi connectivity index (χ0) is 16.2. The van der Waals surface area contributed by atoms with Gasteiger partial charge in [0.15, 0.2) is 0 Å². The Hall–Kier alpha value is -1.07. The lowest BCUT2D eigenvalue weighted by atomic mass is 9.80. The van der Waals surface area contributed by atoms with Crippen molar-refractivity contribution in [3.63, 3.8) is 0 Å². The first-order valence-corrected chi connectivity index (χ1v) is 8.81. The third kappa shape index (κ3) is 2.68. The van der Waals surface area contributed by atoms with Crippen LogP contribution < -0.4 is 10.2 Å². The van der Waals surface area contributed by atoms with Crippen molar-refractivity contribution in [3.05, 3.63) is 18.5 Å². The van der Waals surface area contributed by atoms with E-state index in [2.05, 4.69) is 32.7 Å². The van der Waals surface area contributed by atoms with Gasteiger partial charge in [-0.1, -0.05) is 0 Å². The summed E-state index contributed by atoms with van der Waals surface area (Å²) in [6.45, 7) is 8.26. The molecule has 0 aromatic carbocycles. The van der Waals surface area contributed by atoms with Crippen LogP contribution in [0.3, 0.4) is 0 Å². The van der Waals surface area contributed by atoms with Gasteiger partial charge in [0, 0.05) is 11.7 Å². The third-order valence-electron chi connectivity index (χ3n) is 6.22. The van der Waals surface area contributed by atoms with Gasteiger partial charge in [-0.05, 0) is 71.3 Å². The predicted molar refractivity (Wildman–Crippen MR) is 89.8 cm³/mol. The summed E-state index contributed by atoms with van der Waals surface area (Å²) in [7, 11) is -0.379. The molecular weight excluding hydrogens is 289 g/mol. The lowest BCUT2D eigenvalue weighted by Gasteiger charge is -2.32. The highest BCUT2D eigenvalue weighted by Crippen LogP contribution is 2.46. The van der Waals surface area contributed by atoms with Gasteiger partial charge in [-0.2, -0.15) is 0 Å². The molecule has 3 atom stereocenters. The Bertz CT molecular complexity index is 588. The van der Waals surface area contributed by atoms with Gasteiger partial charge in [-0.15, -0.1) is 0 Å². The Morgan fingerprint density at radius 1 is 1.09 bits per heavy atom. The van der Waals surface area contributed by atoms with Gasteiger partial charge in [0.05, 0.1) is 17.4 Å². The van der Waals surface area contributed by atoms with E-state index < -0.39 is 0 Å². The first kappa shape index (κ1) is 15.5. The van der Waals surface area contributed by atoms with E-state index in [4.69, 9.17) is 14.0 Å². The molecule has 2 saturated carbocycles. The molecule has 1 aromatic rings. The highest BCUT2D eigenvalue weighted by molar-refractivity contribution is 6.62. The summed E-state index contributed by atoms with van der Waals surface area (Å²) in [5, 5.41) is 0. The summed E-state index contributed by atoms with van der Waals surface area (Å²) in [5.74, 6) is 2.46. The summed E-state index contributed by atoms with van der Waals surface area (Å²) in [5.41, 5.74) is 0.266. The minimum atomic E-state index is -0.379. The van der Waals surface area contributed by atoms with Crippen molar-refractivity contribution in [2.45, 2.75) is 70.7 Å². The largest absolute Gasteiger partial charge is 0.496 e. The number of hydrogen-bond donors (Lipinski definition) is 0. The SMILES string of the molecule is CC1(C)OB(c2cncc(OC3CC4CCC3C4)c2)OC1(C)C. The average Bonchev–Trinajstić information content (AvgIpc) is 3.13. The fourth-order valence-electron chi connectivity index (χ4n) is 4.11. The van der Waals surface area contributed by atoms with E-state index in [1.165, 1.54) is 25.7 Å². The first-order valence-electron chi connectivity index (χ1n) is 8.81. The van der Waals surface area contributed by atoms with E-state index in [9.17, 15) is 0 Å². The molecule has 5 heteroatoms. The summed E-state index contributed by atoms with van der Waals surface area (Å²) in [4.78, 5) is 4.34. The molecule has 3 aliphatic rings. The van der Waals surface area contributed by atoms with E-state index >= 15 is 0 Å². The maximum atomic E-state index is 6.24. The minimum Gasteiger partial charge on any atom is -0.489 e. The molecule has 0 radical (unpaired) electrons. The van der Waals surface area contributed by atoms with Crippen LogP contribution in [0.4, 0.5) is 0 Å². The molecule has 2 heterocycles. The fraction of sp³-hybridized carbons (Fsp3) is 0.722. The van der Waals surface area contributed by atoms with Crippen LogP contribution in [0.15, 0.2) is 18.5 Å². The van der Waals surface area contributed by atoms with Crippen LogP contribution in [0.5, 0.6) is 5.75 Å². The van der Waals surface area contributed by atoms with Crippen LogP contribution in [0.25, 0.3) is 0 Å². The van der Waals surface area contributed by atoms with E-state index in [0.717, 1.165) is 23.0 Å². The summed E-state index contributed by atoms with van der Waals surface area (Å²) >= 11 is 0. The van der Waals surface area contributed by atoms with Crippen molar-refractivity contribution in [2.24, 2.45) is 11.8 Å². The molecule has 1 aromatic heterocycles. The van der Waals surface area contributed by atoms with Crippen LogP contribution in [-0.2, 0) is 9.31 Å². The number of fused-ring (bicyclic) bond motifs is 2. The molecule has 2 aliphatic carbocycles. The fourth-order valence-corrected chi connectivity index (χ4v) is 4.11. The first-order chi connectivity index (χ1) is 10.8. The Morgan fingerprint density at radius 3 is 2.43 bits per heavy atom. The van der Waals surface area contributed by atoms with Gasteiger partial charge in [0.1, 0.15) is 11.9 Å². The molecule has 2 bridgehead atoms. The van der Waals surface area contributed by atoms with Crippen molar-refractivity contribution in [1.82, 2.24) is 4.98 Å². The third-order valence-corrected chi connectivity index (χ3v) is 6.22. The standard InChI is InChI=1S/C18H26BNO3/c1-17(2)18(3,4)23-19(22-17)14-9-15(11-20-10-14)21-16-8-12-5-6-13(16)7-12/h9-13,16H,5-8H2,1-4H3. The van der Waals surface area contributed by atoms with Gasteiger partial charge in [0.2, 0.25) is 0 Å². The van der Waals surface area contributed by atoms with Crippen molar-refractivity contribution in [3.8, 4) is 5.75 Å². The van der Waals surface area contributed by atoms with E-state index in [1.807, 2.05) is 12.3 Å². The molecule has 4 rings (SSSR count). The van der Waals surface area contributed by atoms with Crippen molar-refractivity contribution in [2.75, 3.05) is 0 Å². The zero-order valence-corrected chi connectivity index (χ0v) is 14.5. The average molecular weight is 315 g/mol. The Labute approximate surface area is 139 Å². The monoisotopic (exact) mass is 315 g/mol. The molecule has 0 N–H and O–H groups in total. The predicted octanol–water partition coefficient (Wildman–Crippen LogP) is 2.95. The van der Waals surface area contributed by atoms with E-state index in [1.54, 1.807) is 6.20 Å². The van der Waals surface area contributed by atoms with Gasteiger partial charge >= 0.3 is 7.12 Å². The molecule has 4 nitrogen and oxygen atoms in total. The van der Waals surface area contributed by atoms with Crippen molar-refractivity contribution in [1.29, 1.82) is 0 Å². The Kier molecular flexibility index (Phi) is 3.51. The van der Waals surface area contributed by atoms with Crippen LogP contribution in [0.2, 0.25) is 0 Å². The topological polar surface area (TPSA) is 40.6 Å². The van der Waals surface area contributed by atoms with Crippen LogP contribution in [0, 0.1) is 11.8 Å². The number of pyridine rings is 1. The highest BCUT2D eigenvalue weighted by Gasteiger charge is 2.52. The van der Waals surface area contributed by atoms with Crippen LogP contribution in [0.1, 0.15) is 53.4 Å². The number of hydrogen-bond acceptors (Lipinski definition) is 4. The van der Waals surface area contributed by atoms with Gasteiger partial charge in [-0.25, -0.2) is 0 Å². The molecule has 0 spiro atoms. The van der Waals surface area contributed by atoms with E-state index in [0.29, 0.717) is 6.10 Å². The second-order valence-corrected chi connectivity index (χ2v) is 8.37. The Morgan fingerprint density at radius 2 is 1.83 bits per heavy atom. The number of nitrogens with zero attached hydrogens (tertiary/aromatic N) is 1. The zero-order valence-electron chi connectivity index (χ0n) is 14.5. The summed E-state index contributed by atoms with van der Waals surface area (Å²) in [6.07, 6.45) is 9.23. The van der Waals surface area contributed by atoms with Gasteiger partial charge in [0.25, 0.3) is 0 Å². The van der Waals surface area contributed by atoms with Crippen molar-refractivity contribution < 1.29 is 14.0 Å². The number of aromatic nitrogens is 1. The maximum absolute atomic E-state index is 6.24. The molecule has 0 amide bonds. The van der Waals surface area contributed by atoms with E-state index in [-0.39, 0.29) is 18.3 Å². The molecule has 1 aliphatic heterocycles. The van der Waals surface area contributed by atoms with Crippen molar-refractivity contribution >= 4 is 12.6 Å². The lowest BCUT2D eigenvalue weighted by Crippen LogP contribution is -2.41. The molecular formula is C18H26BNO3. The normalized spacial score (nSPS) is 34.1. The maximum Gasteiger partial charge on any atom is 0.496 e. The number of rotatable bonds is 3. The second-order valence-electron chi connectivity index (χ2n) is 8.37. The van der Waals surface area contributed by atoms with Gasteiger partial charge in [-0.3, -0.25) is 4.98 Å². The summed E-state index contributed by atoms with van der Waals surface area (Å²) < 4.78 is 18.5. The highest BCUT2D eigenvalue weighted by atomic mass is 16.7. The van der Waals surface area contributed by atoms with Gasteiger partial charge < -0.3 is 14.0 Å². The second kappa shape index (κ2) is 5.22. The van der Waals surface area contributed by atoms with Crippen LogP contribution in [-0.4, -0.2) is 29.4 Å². The molecule has 3 fully saturated rings. The molecule has 23 heavy (non-hydrogen) atoms. The molecule has 1 saturated heterocycles. The summed E-state index contributed by atoms with van der Waals surface area (Å²) in [6, 6.07) is 2.03. The minimum absolute atomic E-state index is 0.334. The smallest absolute Gasteiger partial charge is 0.489 e. The van der Waals surface area contributed by atoms with Crippen LogP contribution >= 0.6 is 0 Å². The molecule has 124 valence electrons. The lowest BCUT2D eigenvalue weighted by molar-refractivity contribution is 0.00578. The number of ether oxygens (including phenoxy) is 1. The quantitative estimate of drug-likeness (QED) is 0.804. The molecule has 3 unspecified atom stereocenters. The Balaban J connectivity index is 1.49.